The molecule has 0 saturated carbocycles. The smallest absolute Gasteiger partial charge is 0.256 e. The third-order valence-electron chi connectivity index (χ3n) is 6.22. The normalized spacial score (nSPS) is 15.7. The minimum Gasteiger partial charge on any atom is -0.376 e. The molecule has 7 nitrogen and oxygen atoms in total. The molecule has 1 aromatic heterocycles. The van der Waals surface area contributed by atoms with Gasteiger partial charge in [-0.2, -0.15) is 0 Å². The van der Waals surface area contributed by atoms with Gasteiger partial charge in [-0.1, -0.05) is 37.3 Å². The van der Waals surface area contributed by atoms with Gasteiger partial charge in [0.15, 0.2) is 0 Å². The number of nitrogens with zero attached hydrogens (tertiary/aromatic N) is 3. The fraction of sp³-hybridized carbons (Fsp3) is 0.423. The number of hydrogen-bond donors (Lipinski definition) is 1. The van der Waals surface area contributed by atoms with Gasteiger partial charge in [0, 0.05) is 45.3 Å². The van der Waals surface area contributed by atoms with Crippen LogP contribution in [0.1, 0.15) is 54.9 Å². The zero-order chi connectivity index (χ0) is 23.4. The first-order valence-electron chi connectivity index (χ1n) is 11.7. The van der Waals surface area contributed by atoms with Crippen LogP contribution in [0.25, 0.3) is 11.0 Å². The Morgan fingerprint density at radius 1 is 1.21 bits per heavy atom. The van der Waals surface area contributed by atoms with E-state index >= 15 is 0 Å². The summed E-state index contributed by atoms with van der Waals surface area (Å²) in [5, 5.41) is 2.90. The summed E-state index contributed by atoms with van der Waals surface area (Å²) in [5.74, 6) is 0.700. The van der Waals surface area contributed by atoms with E-state index in [2.05, 4.69) is 17.4 Å². The monoisotopic (exact) mass is 448 g/mol. The quantitative estimate of drug-likeness (QED) is 0.562. The average Bonchev–Trinajstić information content (AvgIpc) is 3.45. The van der Waals surface area contributed by atoms with Crippen molar-refractivity contribution in [3.05, 3.63) is 59.4 Å². The van der Waals surface area contributed by atoms with Gasteiger partial charge >= 0.3 is 0 Å². The standard InChI is InChI=1S/C26H32N4O3/c1-4-24(31)27-19-15-21(26(32)30(5-2)17-20-12-9-13-33-20)25-22(16-19)28-23(29(25)3)14-18-10-7-6-8-11-18/h6-8,10-11,15-16,20H,4-5,9,12-14,17H2,1-3H3,(H,27,31)/t20-/m1/s1. The number of aryl methyl sites for hydroxylation is 1. The molecular weight excluding hydrogens is 416 g/mol. The van der Waals surface area contributed by atoms with Crippen LogP contribution in [0.3, 0.4) is 0 Å². The fourth-order valence-electron chi connectivity index (χ4n) is 4.38. The maximum absolute atomic E-state index is 13.7. The SMILES string of the molecule is CCC(=O)Nc1cc(C(=O)N(CC)C[C@H]2CCCO2)c2c(c1)nc(Cc1ccccc1)n2C. The van der Waals surface area contributed by atoms with Gasteiger partial charge in [0.2, 0.25) is 5.91 Å². The first-order chi connectivity index (χ1) is 16.0. The number of carbonyl (C=O) groups excluding carboxylic acids is 2. The number of likely N-dealkylation sites (N-methyl/N-ethyl adjacent to an activating group) is 1. The summed E-state index contributed by atoms with van der Waals surface area (Å²) in [5.41, 5.74) is 3.78. The van der Waals surface area contributed by atoms with Gasteiger partial charge in [-0.15, -0.1) is 0 Å². The van der Waals surface area contributed by atoms with Crippen molar-refractivity contribution in [3.63, 3.8) is 0 Å². The van der Waals surface area contributed by atoms with Crippen molar-refractivity contribution in [2.75, 3.05) is 25.0 Å². The highest BCUT2D eigenvalue weighted by atomic mass is 16.5. The molecule has 1 atom stereocenters. The van der Waals surface area contributed by atoms with E-state index in [1.54, 1.807) is 13.0 Å². The third kappa shape index (κ3) is 5.09. The number of aromatic nitrogens is 2. The van der Waals surface area contributed by atoms with Crippen LogP contribution in [0.2, 0.25) is 0 Å². The van der Waals surface area contributed by atoms with Crippen molar-refractivity contribution in [1.29, 1.82) is 0 Å². The summed E-state index contributed by atoms with van der Waals surface area (Å²) < 4.78 is 7.78. The van der Waals surface area contributed by atoms with E-state index in [-0.39, 0.29) is 17.9 Å². The molecule has 0 radical (unpaired) electrons. The molecule has 1 saturated heterocycles. The van der Waals surface area contributed by atoms with Crippen molar-refractivity contribution in [2.45, 2.75) is 45.6 Å². The van der Waals surface area contributed by atoms with Gasteiger partial charge in [0.05, 0.1) is 22.7 Å². The van der Waals surface area contributed by atoms with E-state index in [4.69, 9.17) is 9.72 Å². The molecule has 1 N–H and O–H groups in total. The second kappa shape index (κ2) is 10.2. The number of anilines is 1. The molecule has 7 heteroatoms. The molecule has 0 spiro atoms. The van der Waals surface area contributed by atoms with Crippen LogP contribution in [0, 0.1) is 0 Å². The lowest BCUT2D eigenvalue weighted by Crippen LogP contribution is -2.37. The summed E-state index contributed by atoms with van der Waals surface area (Å²) in [6.45, 7) is 5.69. The second-order valence-corrected chi connectivity index (χ2v) is 8.52. The molecule has 174 valence electrons. The number of ether oxygens (including phenoxy) is 1. The Balaban J connectivity index is 1.75. The Bertz CT molecular complexity index is 1130. The van der Waals surface area contributed by atoms with Crippen LogP contribution < -0.4 is 5.32 Å². The largest absolute Gasteiger partial charge is 0.376 e. The Kier molecular flexibility index (Phi) is 7.08. The minimum atomic E-state index is -0.0973. The molecule has 0 bridgehead atoms. The van der Waals surface area contributed by atoms with Crippen LogP contribution in [0.15, 0.2) is 42.5 Å². The first-order valence-corrected chi connectivity index (χ1v) is 11.7. The lowest BCUT2D eigenvalue weighted by molar-refractivity contribution is -0.115. The van der Waals surface area contributed by atoms with Crippen molar-refractivity contribution in [2.24, 2.45) is 7.05 Å². The number of hydrogen-bond acceptors (Lipinski definition) is 4. The van der Waals surface area contributed by atoms with E-state index in [1.165, 1.54) is 0 Å². The summed E-state index contributed by atoms with van der Waals surface area (Å²) in [4.78, 5) is 32.5. The minimum absolute atomic E-state index is 0.0696. The zero-order valence-electron chi connectivity index (χ0n) is 19.6. The predicted octanol–water partition coefficient (Wildman–Crippen LogP) is 4.15. The number of benzene rings is 2. The van der Waals surface area contributed by atoms with Crippen molar-refractivity contribution < 1.29 is 14.3 Å². The van der Waals surface area contributed by atoms with E-state index in [1.807, 2.05) is 47.7 Å². The molecule has 3 aromatic rings. The van der Waals surface area contributed by atoms with Crippen LogP contribution in [-0.2, 0) is 23.0 Å². The molecular formula is C26H32N4O3. The second-order valence-electron chi connectivity index (χ2n) is 8.52. The van der Waals surface area contributed by atoms with Crippen molar-refractivity contribution in [3.8, 4) is 0 Å². The van der Waals surface area contributed by atoms with Crippen LogP contribution in [-0.4, -0.2) is 52.1 Å². The average molecular weight is 449 g/mol. The molecule has 1 aliphatic rings. The van der Waals surface area contributed by atoms with Gasteiger partial charge in [-0.25, -0.2) is 4.98 Å². The molecule has 2 aromatic carbocycles. The molecule has 1 aliphatic heterocycles. The number of fused-ring (bicyclic) bond motifs is 1. The highest BCUT2D eigenvalue weighted by Crippen LogP contribution is 2.27. The van der Waals surface area contributed by atoms with Gasteiger partial charge in [0.1, 0.15) is 5.82 Å². The summed E-state index contributed by atoms with van der Waals surface area (Å²) in [7, 11) is 1.95. The topological polar surface area (TPSA) is 76.5 Å². The highest BCUT2D eigenvalue weighted by molar-refractivity contribution is 6.07. The van der Waals surface area contributed by atoms with Crippen molar-refractivity contribution >= 4 is 28.5 Å². The van der Waals surface area contributed by atoms with Crippen molar-refractivity contribution in [1.82, 2.24) is 14.5 Å². The van der Waals surface area contributed by atoms with Crippen LogP contribution in [0.4, 0.5) is 5.69 Å². The summed E-state index contributed by atoms with van der Waals surface area (Å²) >= 11 is 0. The number of nitrogens with one attached hydrogen (secondary N) is 1. The van der Waals surface area contributed by atoms with E-state index in [9.17, 15) is 9.59 Å². The van der Waals surface area contributed by atoms with Crippen LogP contribution >= 0.6 is 0 Å². The van der Waals surface area contributed by atoms with E-state index in [0.717, 1.165) is 36.4 Å². The van der Waals surface area contributed by atoms with Gasteiger partial charge in [-0.3, -0.25) is 9.59 Å². The highest BCUT2D eigenvalue weighted by Gasteiger charge is 2.26. The summed E-state index contributed by atoms with van der Waals surface area (Å²) in [6.07, 6.45) is 3.10. The van der Waals surface area contributed by atoms with Crippen LogP contribution in [0.5, 0.6) is 0 Å². The molecule has 33 heavy (non-hydrogen) atoms. The molecule has 2 heterocycles. The van der Waals surface area contributed by atoms with E-state index in [0.29, 0.717) is 42.7 Å². The summed E-state index contributed by atoms with van der Waals surface area (Å²) in [6, 6.07) is 13.8. The Morgan fingerprint density at radius 2 is 2.00 bits per heavy atom. The van der Waals surface area contributed by atoms with Gasteiger partial charge < -0.3 is 19.5 Å². The molecule has 0 unspecified atom stereocenters. The van der Waals surface area contributed by atoms with Gasteiger partial charge in [0.25, 0.3) is 5.91 Å². The lowest BCUT2D eigenvalue weighted by Gasteiger charge is -2.25. The number of amides is 2. The van der Waals surface area contributed by atoms with E-state index < -0.39 is 0 Å². The maximum Gasteiger partial charge on any atom is 0.256 e. The van der Waals surface area contributed by atoms with Gasteiger partial charge in [-0.05, 0) is 37.5 Å². The molecule has 2 amide bonds. The molecule has 0 aliphatic carbocycles. The lowest BCUT2D eigenvalue weighted by atomic mass is 10.1. The third-order valence-corrected chi connectivity index (χ3v) is 6.22. The Morgan fingerprint density at radius 3 is 2.67 bits per heavy atom. The number of rotatable bonds is 8. The Labute approximate surface area is 194 Å². The number of imidazole rings is 1. The number of carbonyl (C=O) groups is 2. The predicted molar refractivity (Wildman–Crippen MR) is 129 cm³/mol. The molecule has 1 fully saturated rings. The Hall–Kier alpha value is -3.19. The fourth-order valence-corrected chi connectivity index (χ4v) is 4.38. The maximum atomic E-state index is 13.7. The molecule has 4 rings (SSSR count). The first kappa shape index (κ1) is 23.0. The zero-order valence-corrected chi connectivity index (χ0v) is 19.6.